The predicted molar refractivity (Wildman–Crippen MR) is 101 cm³/mol. The van der Waals surface area contributed by atoms with Crippen molar-refractivity contribution < 1.29 is 19.1 Å². The Balaban J connectivity index is 1.81. The molecule has 2 aromatic rings. The molecule has 1 unspecified atom stereocenters. The summed E-state index contributed by atoms with van der Waals surface area (Å²) in [6.45, 7) is 1.08. The molecule has 2 heterocycles. The molecule has 0 spiro atoms. The number of carbonyl (C=O) groups is 3. The summed E-state index contributed by atoms with van der Waals surface area (Å²) in [7, 11) is 3.39. The third kappa shape index (κ3) is 3.91. The number of carbonyl (C=O) groups excluding carboxylic acids is 3. The van der Waals surface area contributed by atoms with E-state index in [-0.39, 0.29) is 37.6 Å². The molecule has 0 saturated carbocycles. The molecule has 28 heavy (non-hydrogen) atoms. The van der Waals surface area contributed by atoms with Crippen LogP contribution < -0.4 is 21.6 Å². The zero-order chi connectivity index (χ0) is 20.3. The molecule has 3 amide bonds. The number of alkyl carbamates (subject to hydrolysis) is 1. The van der Waals surface area contributed by atoms with Gasteiger partial charge in [-0.15, -0.1) is 0 Å². The zero-order valence-electron chi connectivity index (χ0n) is 15.8. The molecule has 150 valence electrons. The molecule has 1 atom stereocenters. The van der Waals surface area contributed by atoms with Crippen LogP contribution >= 0.6 is 0 Å². The van der Waals surface area contributed by atoms with E-state index in [1.807, 2.05) is 0 Å². The number of aromatic nitrogens is 2. The minimum atomic E-state index is -0.722. The summed E-state index contributed by atoms with van der Waals surface area (Å²) in [6, 6.07) is 4.58. The molecule has 1 aromatic carbocycles. The summed E-state index contributed by atoms with van der Waals surface area (Å²) in [6.07, 6.45) is -0.0483. The number of likely N-dealkylation sites (N-methyl/N-ethyl adjacent to an activating group) is 1. The summed E-state index contributed by atoms with van der Waals surface area (Å²) in [5.74, 6) is -0.801. The molecule has 10 nitrogen and oxygen atoms in total. The fraction of sp³-hybridized carbons (Fsp3) is 0.444. The molecule has 1 aromatic heterocycles. The number of hydrogen-bond acceptors (Lipinski definition) is 6. The average molecular weight is 389 g/mol. The third-order valence-electron chi connectivity index (χ3n) is 4.70. The first-order valence-electron chi connectivity index (χ1n) is 9.01. The highest BCUT2D eigenvalue weighted by atomic mass is 16.5. The van der Waals surface area contributed by atoms with Gasteiger partial charge in [0.15, 0.2) is 0 Å². The van der Waals surface area contributed by atoms with Crippen LogP contribution in [-0.2, 0) is 27.9 Å². The lowest BCUT2D eigenvalue weighted by Crippen LogP contribution is -2.44. The van der Waals surface area contributed by atoms with Crippen LogP contribution in [0.2, 0.25) is 0 Å². The fourth-order valence-corrected chi connectivity index (χ4v) is 3.22. The number of amides is 3. The smallest absolute Gasteiger partial charge is 0.407 e. The Labute approximate surface area is 160 Å². The highest BCUT2D eigenvalue weighted by Crippen LogP contribution is 2.23. The van der Waals surface area contributed by atoms with Gasteiger partial charge < -0.3 is 15.4 Å². The number of aryl methyl sites for hydroxylation is 1. The van der Waals surface area contributed by atoms with Gasteiger partial charge in [-0.2, -0.15) is 0 Å². The Morgan fingerprint density at radius 2 is 2.07 bits per heavy atom. The normalized spacial score (nSPS) is 16.9. The molecule has 1 aliphatic heterocycles. The molecular weight excluding hydrogens is 366 g/mol. The van der Waals surface area contributed by atoms with E-state index >= 15 is 0 Å². The van der Waals surface area contributed by atoms with E-state index in [4.69, 9.17) is 4.74 Å². The van der Waals surface area contributed by atoms with Gasteiger partial charge >= 0.3 is 11.8 Å². The monoisotopic (exact) mass is 389 g/mol. The van der Waals surface area contributed by atoms with E-state index in [1.54, 1.807) is 32.3 Å². The van der Waals surface area contributed by atoms with E-state index in [1.165, 1.54) is 9.13 Å². The van der Waals surface area contributed by atoms with Crippen LogP contribution in [-0.4, -0.2) is 47.2 Å². The SMILES string of the molecule is CNCCOC(=O)NCc1ccc2c(c1)n(C)c(=O)n2C1CCC(=O)NC1=O. The number of benzene rings is 1. The molecule has 0 bridgehead atoms. The maximum Gasteiger partial charge on any atom is 0.407 e. The number of imide groups is 1. The van der Waals surface area contributed by atoms with E-state index in [9.17, 15) is 19.2 Å². The largest absolute Gasteiger partial charge is 0.448 e. The maximum atomic E-state index is 12.7. The molecule has 0 aliphatic carbocycles. The highest BCUT2D eigenvalue weighted by Gasteiger charge is 2.31. The van der Waals surface area contributed by atoms with Crippen LogP contribution in [0, 0.1) is 0 Å². The fourth-order valence-electron chi connectivity index (χ4n) is 3.22. The lowest BCUT2D eigenvalue weighted by molar-refractivity contribution is -0.135. The number of hydrogen-bond donors (Lipinski definition) is 3. The van der Waals surface area contributed by atoms with E-state index < -0.39 is 18.0 Å². The number of imidazole rings is 1. The number of nitrogens with zero attached hydrogens (tertiary/aromatic N) is 2. The van der Waals surface area contributed by atoms with Crippen LogP contribution in [0.5, 0.6) is 0 Å². The van der Waals surface area contributed by atoms with Crippen molar-refractivity contribution in [2.45, 2.75) is 25.4 Å². The van der Waals surface area contributed by atoms with Crippen LogP contribution in [0.4, 0.5) is 4.79 Å². The van der Waals surface area contributed by atoms with Crippen LogP contribution in [0.1, 0.15) is 24.4 Å². The quantitative estimate of drug-likeness (QED) is 0.463. The lowest BCUT2D eigenvalue weighted by Gasteiger charge is -2.21. The molecular formula is C18H23N5O5. The minimum absolute atomic E-state index is 0.191. The van der Waals surface area contributed by atoms with Crippen LogP contribution in [0.25, 0.3) is 11.0 Å². The summed E-state index contributed by atoms with van der Waals surface area (Å²) in [4.78, 5) is 47.9. The van der Waals surface area contributed by atoms with Gasteiger partial charge in [0, 0.05) is 26.6 Å². The number of fused-ring (bicyclic) bond motifs is 1. The van der Waals surface area contributed by atoms with Gasteiger partial charge in [0.05, 0.1) is 11.0 Å². The van der Waals surface area contributed by atoms with E-state index in [2.05, 4.69) is 16.0 Å². The van der Waals surface area contributed by atoms with Crippen molar-refractivity contribution in [3.8, 4) is 0 Å². The average Bonchev–Trinajstić information content (AvgIpc) is 2.91. The summed E-state index contributed by atoms with van der Waals surface area (Å²) >= 11 is 0. The van der Waals surface area contributed by atoms with Crippen molar-refractivity contribution in [3.05, 3.63) is 34.2 Å². The van der Waals surface area contributed by atoms with E-state index in [0.717, 1.165) is 5.56 Å². The van der Waals surface area contributed by atoms with Crippen molar-refractivity contribution >= 4 is 28.9 Å². The molecule has 1 aliphatic rings. The first-order valence-corrected chi connectivity index (χ1v) is 9.01. The second-order valence-corrected chi connectivity index (χ2v) is 6.59. The van der Waals surface area contributed by atoms with Gasteiger partial charge in [0.25, 0.3) is 0 Å². The van der Waals surface area contributed by atoms with Crippen molar-refractivity contribution in [3.63, 3.8) is 0 Å². The van der Waals surface area contributed by atoms with Crippen molar-refractivity contribution in [1.29, 1.82) is 0 Å². The minimum Gasteiger partial charge on any atom is -0.448 e. The van der Waals surface area contributed by atoms with Crippen molar-refractivity contribution in [2.24, 2.45) is 7.05 Å². The zero-order valence-corrected chi connectivity index (χ0v) is 15.8. The maximum absolute atomic E-state index is 12.7. The van der Waals surface area contributed by atoms with Gasteiger partial charge in [-0.25, -0.2) is 9.59 Å². The third-order valence-corrected chi connectivity index (χ3v) is 4.70. The standard InChI is InChI=1S/C18H23N5O5/c1-19-7-8-28-17(26)20-10-11-3-4-12-14(9-11)22(2)18(27)23(12)13-5-6-15(24)21-16(13)25/h3-4,9,13,19H,5-8,10H2,1-2H3,(H,20,26)(H,21,24,25). The molecule has 1 fully saturated rings. The van der Waals surface area contributed by atoms with Crippen LogP contribution in [0.15, 0.2) is 23.0 Å². The number of piperidine rings is 1. The first-order chi connectivity index (χ1) is 13.4. The predicted octanol–water partition coefficient (Wildman–Crippen LogP) is -0.237. The van der Waals surface area contributed by atoms with Gasteiger partial charge in [-0.1, -0.05) is 6.07 Å². The Bertz CT molecular complexity index is 977. The second-order valence-electron chi connectivity index (χ2n) is 6.59. The van der Waals surface area contributed by atoms with Crippen molar-refractivity contribution in [2.75, 3.05) is 20.2 Å². The van der Waals surface area contributed by atoms with Crippen LogP contribution in [0.3, 0.4) is 0 Å². The van der Waals surface area contributed by atoms with Crippen molar-refractivity contribution in [1.82, 2.24) is 25.1 Å². The lowest BCUT2D eigenvalue weighted by atomic mass is 10.1. The molecule has 0 radical (unpaired) electrons. The molecule has 3 rings (SSSR count). The Kier molecular flexibility index (Phi) is 5.78. The molecule has 10 heteroatoms. The second kappa shape index (κ2) is 8.26. The van der Waals surface area contributed by atoms with Gasteiger partial charge in [-0.05, 0) is 31.2 Å². The summed E-state index contributed by atoms with van der Waals surface area (Å²) < 4.78 is 7.86. The van der Waals surface area contributed by atoms with Gasteiger partial charge in [-0.3, -0.25) is 24.0 Å². The number of rotatable bonds is 6. The van der Waals surface area contributed by atoms with Gasteiger partial charge in [0.2, 0.25) is 11.8 Å². The summed E-state index contributed by atoms with van der Waals surface area (Å²) in [5, 5.41) is 7.81. The van der Waals surface area contributed by atoms with E-state index in [0.29, 0.717) is 17.6 Å². The Hall–Kier alpha value is -3.14. The first kappa shape index (κ1) is 19.6. The Morgan fingerprint density at radius 1 is 1.29 bits per heavy atom. The summed E-state index contributed by atoms with van der Waals surface area (Å²) in [5.41, 5.74) is 1.69. The number of nitrogens with one attached hydrogen (secondary N) is 3. The topological polar surface area (TPSA) is 123 Å². The molecule has 1 saturated heterocycles. The highest BCUT2D eigenvalue weighted by molar-refractivity contribution is 6.00. The Morgan fingerprint density at radius 3 is 2.79 bits per heavy atom. The molecule has 3 N–H and O–H groups in total. The number of ether oxygens (including phenoxy) is 1. The van der Waals surface area contributed by atoms with Gasteiger partial charge in [0.1, 0.15) is 12.6 Å².